The molecule has 0 saturated heterocycles. The van der Waals surface area contributed by atoms with E-state index in [1.165, 1.54) is 18.0 Å². The highest BCUT2D eigenvalue weighted by Crippen LogP contribution is 2.19. The molecule has 2 rings (SSSR count). The molecule has 0 atom stereocenters. The van der Waals surface area contributed by atoms with Gasteiger partial charge in [0, 0.05) is 32.6 Å². The van der Waals surface area contributed by atoms with Gasteiger partial charge in [-0.05, 0) is 6.07 Å². The van der Waals surface area contributed by atoms with Crippen molar-refractivity contribution in [2.24, 2.45) is 5.73 Å². The van der Waals surface area contributed by atoms with Gasteiger partial charge in [-0.3, -0.25) is 9.47 Å². The third-order valence-corrected chi connectivity index (χ3v) is 3.83. The Kier molecular flexibility index (Phi) is 6.21. The number of pyridine rings is 2. The van der Waals surface area contributed by atoms with Crippen LogP contribution in [0.15, 0.2) is 28.3 Å². The Bertz CT molecular complexity index is 748. The second-order valence-corrected chi connectivity index (χ2v) is 5.66. The number of nitrogens with two attached hydrogens (primary N) is 1. The Hall–Kier alpha value is -1.77. The van der Waals surface area contributed by atoms with Gasteiger partial charge in [-0.25, -0.2) is 9.78 Å². The molecule has 120 valence electrons. The maximum Gasteiger partial charge on any atom is 0.341 e. The van der Waals surface area contributed by atoms with Crippen LogP contribution in [0.2, 0.25) is 0 Å². The summed E-state index contributed by atoms with van der Waals surface area (Å²) >= 11 is 1.43. The fourth-order valence-electron chi connectivity index (χ4n) is 1.91. The van der Waals surface area contributed by atoms with Crippen LogP contribution in [0.4, 0.5) is 0 Å². The van der Waals surface area contributed by atoms with Crippen LogP contribution < -0.4 is 16.2 Å². The lowest BCUT2D eigenvalue weighted by atomic mass is 10.2. The van der Waals surface area contributed by atoms with E-state index in [2.05, 4.69) is 4.98 Å². The zero-order chi connectivity index (χ0) is 15.6. The van der Waals surface area contributed by atoms with Crippen molar-refractivity contribution >= 4 is 41.0 Å². The van der Waals surface area contributed by atoms with E-state index in [4.69, 9.17) is 5.73 Å². The first-order valence-corrected chi connectivity index (χ1v) is 7.23. The van der Waals surface area contributed by atoms with Crippen LogP contribution in [0, 0.1) is 0 Å². The Morgan fingerprint density at radius 3 is 2.73 bits per heavy atom. The molecule has 9 heteroatoms. The second kappa shape index (κ2) is 7.48. The van der Waals surface area contributed by atoms with Crippen LogP contribution in [0.25, 0.3) is 10.9 Å². The summed E-state index contributed by atoms with van der Waals surface area (Å²) in [5, 5.41) is 11.8. The summed E-state index contributed by atoms with van der Waals surface area (Å²) in [6.45, 7) is 0.501. The predicted molar refractivity (Wildman–Crippen MR) is 90.1 cm³/mol. The summed E-state index contributed by atoms with van der Waals surface area (Å²) in [6, 6.07) is 1.62. The maximum atomic E-state index is 12.3. The van der Waals surface area contributed by atoms with Crippen LogP contribution in [0.3, 0.4) is 0 Å². The highest BCUT2D eigenvalue weighted by Gasteiger charge is 2.16. The minimum absolute atomic E-state index is 0. The fraction of sp³-hybridized carbons (Fsp3) is 0.308. The van der Waals surface area contributed by atoms with Gasteiger partial charge in [-0.2, -0.15) is 0 Å². The third-order valence-electron chi connectivity index (χ3n) is 2.87. The molecule has 0 unspecified atom stereocenters. The van der Waals surface area contributed by atoms with E-state index in [0.717, 1.165) is 0 Å². The van der Waals surface area contributed by atoms with Gasteiger partial charge in [0.15, 0.2) is 0 Å². The molecule has 0 aliphatic carbocycles. The van der Waals surface area contributed by atoms with E-state index < -0.39 is 11.4 Å². The van der Waals surface area contributed by atoms with Crippen molar-refractivity contribution in [1.82, 2.24) is 9.66 Å². The molecule has 7 nitrogen and oxygen atoms in total. The zero-order valence-electron chi connectivity index (χ0n) is 12.1. The Morgan fingerprint density at radius 1 is 1.50 bits per heavy atom. The van der Waals surface area contributed by atoms with Crippen molar-refractivity contribution < 1.29 is 9.90 Å². The van der Waals surface area contributed by atoms with Crippen molar-refractivity contribution in [1.29, 1.82) is 0 Å². The van der Waals surface area contributed by atoms with Crippen LogP contribution in [-0.4, -0.2) is 47.1 Å². The van der Waals surface area contributed by atoms with Crippen molar-refractivity contribution in [3.05, 3.63) is 34.2 Å². The molecule has 2 heterocycles. The van der Waals surface area contributed by atoms with Gasteiger partial charge >= 0.3 is 5.97 Å². The first-order chi connectivity index (χ1) is 9.95. The summed E-state index contributed by atoms with van der Waals surface area (Å²) in [6.07, 6.45) is 2.88. The molecular weight excluding hydrogens is 328 g/mol. The first-order valence-electron chi connectivity index (χ1n) is 6.25. The van der Waals surface area contributed by atoms with Gasteiger partial charge in [0.05, 0.1) is 22.1 Å². The van der Waals surface area contributed by atoms with Gasteiger partial charge in [-0.15, -0.1) is 24.2 Å². The standard InChI is InChI=1S/C13H16N4O3S.ClH/c1-16(2)17-7-9(13(19)20)12(18)8-5-11(21-4-3-14)15-6-10(8)17;/h5-7H,3-4,14H2,1-2H3,(H,19,20);1H. The number of thioether (sulfide) groups is 1. The summed E-state index contributed by atoms with van der Waals surface area (Å²) in [5.41, 5.74) is 5.24. The Balaban J connectivity index is 0.00000242. The molecule has 0 aliphatic rings. The quantitative estimate of drug-likeness (QED) is 0.772. The fourth-order valence-corrected chi connectivity index (χ4v) is 2.57. The topological polar surface area (TPSA) is 101 Å². The molecule has 2 aromatic heterocycles. The number of rotatable bonds is 5. The number of carbonyl (C=O) groups is 1. The van der Waals surface area contributed by atoms with E-state index >= 15 is 0 Å². The second-order valence-electron chi connectivity index (χ2n) is 4.55. The normalized spacial score (nSPS) is 10.3. The number of hydrogen-bond donors (Lipinski definition) is 2. The van der Waals surface area contributed by atoms with Crippen LogP contribution in [0.5, 0.6) is 0 Å². The van der Waals surface area contributed by atoms with Gasteiger partial charge in [-0.1, -0.05) is 0 Å². The predicted octanol–water partition coefficient (Wildman–Crippen LogP) is 0.765. The molecule has 2 aromatic rings. The van der Waals surface area contributed by atoms with E-state index in [1.54, 1.807) is 36.0 Å². The third kappa shape index (κ3) is 3.52. The molecule has 0 aromatic carbocycles. The monoisotopic (exact) mass is 344 g/mol. The molecular formula is C13H17ClN4O3S. The summed E-state index contributed by atoms with van der Waals surface area (Å²) in [5.74, 6) is -0.565. The molecule has 3 N–H and O–H groups in total. The maximum absolute atomic E-state index is 12.3. The average Bonchev–Trinajstić information content (AvgIpc) is 2.45. The van der Waals surface area contributed by atoms with Crippen LogP contribution in [0.1, 0.15) is 10.4 Å². The van der Waals surface area contributed by atoms with E-state index in [-0.39, 0.29) is 18.0 Å². The number of halogens is 1. The number of hydrogen-bond acceptors (Lipinski definition) is 6. The number of carboxylic acids is 1. The number of carboxylic acid groups (broad SMARTS) is 1. The number of nitrogens with zero attached hydrogens (tertiary/aromatic N) is 3. The Morgan fingerprint density at radius 2 is 2.18 bits per heavy atom. The van der Waals surface area contributed by atoms with Gasteiger partial charge in [0.25, 0.3) is 0 Å². The molecule has 0 saturated carbocycles. The SMILES string of the molecule is CN(C)n1cc(C(=O)O)c(=O)c2cc(SCCN)ncc21.Cl. The average molecular weight is 345 g/mol. The molecule has 0 fully saturated rings. The highest BCUT2D eigenvalue weighted by atomic mass is 35.5. The molecule has 0 spiro atoms. The summed E-state index contributed by atoms with van der Waals surface area (Å²) < 4.78 is 1.59. The number of fused-ring (bicyclic) bond motifs is 1. The lowest BCUT2D eigenvalue weighted by Gasteiger charge is -2.20. The molecule has 22 heavy (non-hydrogen) atoms. The van der Waals surface area contributed by atoms with Crippen molar-refractivity contribution in [2.75, 3.05) is 31.4 Å². The lowest BCUT2D eigenvalue weighted by molar-refractivity contribution is 0.0695. The smallest absolute Gasteiger partial charge is 0.341 e. The minimum Gasteiger partial charge on any atom is -0.477 e. The first kappa shape index (κ1) is 18.3. The molecule has 0 amide bonds. The van der Waals surface area contributed by atoms with E-state index in [1.807, 2.05) is 0 Å². The zero-order valence-corrected chi connectivity index (χ0v) is 13.8. The van der Waals surface area contributed by atoms with Gasteiger partial charge in [0.1, 0.15) is 5.56 Å². The Labute approximate surface area is 137 Å². The molecule has 0 bridgehead atoms. The molecule has 0 radical (unpaired) electrons. The minimum atomic E-state index is -1.24. The van der Waals surface area contributed by atoms with E-state index in [9.17, 15) is 14.7 Å². The van der Waals surface area contributed by atoms with Crippen molar-refractivity contribution in [3.63, 3.8) is 0 Å². The molecule has 0 aliphatic heterocycles. The summed E-state index contributed by atoms with van der Waals surface area (Å²) in [4.78, 5) is 27.8. The lowest BCUT2D eigenvalue weighted by Crippen LogP contribution is -2.29. The largest absolute Gasteiger partial charge is 0.477 e. The van der Waals surface area contributed by atoms with Crippen LogP contribution >= 0.6 is 24.2 Å². The van der Waals surface area contributed by atoms with Crippen molar-refractivity contribution in [2.45, 2.75) is 5.03 Å². The highest BCUT2D eigenvalue weighted by molar-refractivity contribution is 7.99. The van der Waals surface area contributed by atoms with Gasteiger partial charge in [0.2, 0.25) is 5.43 Å². The van der Waals surface area contributed by atoms with Crippen LogP contribution in [-0.2, 0) is 0 Å². The van der Waals surface area contributed by atoms with Gasteiger partial charge < -0.3 is 15.8 Å². The number of aromatic nitrogens is 2. The van der Waals surface area contributed by atoms with E-state index in [0.29, 0.717) is 28.2 Å². The number of aromatic carboxylic acids is 1. The summed E-state index contributed by atoms with van der Waals surface area (Å²) in [7, 11) is 3.51. The van der Waals surface area contributed by atoms with Crippen molar-refractivity contribution in [3.8, 4) is 0 Å².